The molecule has 4 rings (SSSR count). The molecule has 0 radical (unpaired) electrons. The smallest absolute Gasteiger partial charge is 0.258 e. The van der Waals surface area contributed by atoms with Crippen LogP contribution in [0.1, 0.15) is 16.8 Å². The molecule has 2 amide bonds. The maximum absolute atomic E-state index is 14.0. The first-order chi connectivity index (χ1) is 11.9. The summed E-state index contributed by atoms with van der Waals surface area (Å²) >= 11 is 0. The number of nitrogens with one attached hydrogen (secondary N) is 1. The van der Waals surface area contributed by atoms with Gasteiger partial charge in [0.15, 0.2) is 5.67 Å². The van der Waals surface area contributed by atoms with Crippen LogP contribution in [0.15, 0.2) is 24.4 Å². The first-order valence-electron chi connectivity index (χ1n) is 7.83. The lowest BCUT2D eigenvalue weighted by Crippen LogP contribution is -2.36. The van der Waals surface area contributed by atoms with Gasteiger partial charge in [0.05, 0.1) is 18.7 Å². The van der Waals surface area contributed by atoms with E-state index in [1.54, 1.807) is 24.4 Å². The lowest BCUT2D eigenvalue weighted by atomic mass is 10.1. The number of pyridine rings is 1. The molecule has 1 aliphatic carbocycles. The fourth-order valence-electron chi connectivity index (χ4n) is 3.35. The number of halogens is 1. The largest absolute Gasteiger partial charge is 0.496 e. The number of carbonyl (C=O) groups is 2. The summed E-state index contributed by atoms with van der Waals surface area (Å²) in [4.78, 5) is 27.3. The van der Waals surface area contributed by atoms with E-state index >= 15 is 0 Å². The molecule has 0 spiro atoms. The van der Waals surface area contributed by atoms with Crippen LogP contribution in [-0.2, 0) is 4.79 Å². The van der Waals surface area contributed by atoms with Crippen molar-refractivity contribution < 1.29 is 23.5 Å². The molecule has 25 heavy (non-hydrogen) atoms. The third-order valence-corrected chi connectivity index (χ3v) is 4.84. The summed E-state index contributed by atoms with van der Waals surface area (Å²) in [6, 6.07) is 4.58. The average molecular weight is 345 g/mol. The molecule has 3 atom stereocenters. The number of aromatic nitrogens is 1. The van der Waals surface area contributed by atoms with Crippen LogP contribution in [0, 0.1) is 5.92 Å². The second-order valence-electron chi connectivity index (χ2n) is 6.32. The van der Waals surface area contributed by atoms with Gasteiger partial charge in [0, 0.05) is 17.5 Å². The number of hydrogen-bond donors (Lipinski definition) is 2. The van der Waals surface area contributed by atoms with Crippen molar-refractivity contribution in [2.75, 3.05) is 13.7 Å². The minimum Gasteiger partial charge on any atom is -0.496 e. The van der Waals surface area contributed by atoms with E-state index in [2.05, 4.69) is 10.3 Å². The van der Waals surface area contributed by atoms with Crippen LogP contribution in [0.25, 0.3) is 10.8 Å². The Labute approximate surface area is 142 Å². The van der Waals surface area contributed by atoms with E-state index in [-0.39, 0.29) is 30.6 Å². The van der Waals surface area contributed by atoms with Crippen molar-refractivity contribution in [3.05, 3.63) is 30.0 Å². The molecule has 2 aromatic rings. The van der Waals surface area contributed by atoms with Gasteiger partial charge in [0.2, 0.25) is 5.88 Å². The van der Waals surface area contributed by atoms with Crippen molar-refractivity contribution in [1.82, 2.24) is 10.3 Å². The van der Waals surface area contributed by atoms with Crippen LogP contribution in [0.3, 0.4) is 0 Å². The Morgan fingerprint density at radius 2 is 2.32 bits per heavy atom. The maximum atomic E-state index is 14.0. The summed E-state index contributed by atoms with van der Waals surface area (Å²) < 4.78 is 24.9. The number of alkyl halides is 1. The van der Waals surface area contributed by atoms with Crippen LogP contribution in [-0.4, -0.2) is 42.2 Å². The van der Waals surface area contributed by atoms with E-state index in [0.717, 1.165) is 0 Å². The monoisotopic (exact) mass is 345 g/mol. The highest BCUT2D eigenvalue weighted by molar-refractivity contribution is 6.01. The highest BCUT2D eigenvalue weighted by Gasteiger charge is 2.69. The fraction of sp³-hybridized carbons (Fsp3) is 0.353. The normalized spacial score (nSPS) is 26.9. The lowest BCUT2D eigenvalue weighted by Gasteiger charge is -2.15. The highest BCUT2D eigenvalue weighted by Crippen LogP contribution is 2.53. The number of nitrogens with two attached hydrogens (primary N) is 1. The second-order valence-corrected chi connectivity index (χ2v) is 6.32. The topological polar surface area (TPSA) is 104 Å². The summed E-state index contributed by atoms with van der Waals surface area (Å²) in [5.41, 5.74) is 3.90. The first-order valence-corrected chi connectivity index (χ1v) is 7.83. The Hall–Kier alpha value is -2.90. The summed E-state index contributed by atoms with van der Waals surface area (Å²) in [5, 5.41) is 3.95. The summed E-state index contributed by atoms with van der Waals surface area (Å²) in [7, 11) is 1.44. The van der Waals surface area contributed by atoms with Gasteiger partial charge in [-0.15, -0.1) is 0 Å². The molecule has 3 N–H and O–H groups in total. The van der Waals surface area contributed by atoms with Crippen molar-refractivity contribution in [2.45, 2.75) is 18.1 Å². The van der Waals surface area contributed by atoms with E-state index in [0.29, 0.717) is 22.4 Å². The Morgan fingerprint density at radius 1 is 1.52 bits per heavy atom. The molecule has 8 heteroatoms. The van der Waals surface area contributed by atoms with E-state index in [1.807, 2.05) is 0 Å². The summed E-state index contributed by atoms with van der Waals surface area (Å²) in [6.07, 6.45) is 1.78. The molecule has 2 aliphatic rings. The molecule has 1 saturated carbocycles. The molecule has 2 fully saturated rings. The maximum Gasteiger partial charge on any atom is 0.258 e. The number of amides is 2. The zero-order valence-corrected chi connectivity index (χ0v) is 13.4. The minimum atomic E-state index is -1.72. The molecule has 1 unspecified atom stereocenters. The number of ether oxygens (including phenoxy) is 2. The zero-order valence-electron chi connectivity index (χ0n) is 13.4. The van der Waals surface area contributed by atoms with E-state index < -0.39 is 17.5 Å². The van der Waals surface area contributed by atoms with Crippen molar-refractivity contribution in [3.8, 4) is 11.6 Å². The Morgan fingerprint density at radius 3 is 2.92 bits per heavy atom. The van der Waals surface area contributed by atoms with Crippen molar-refractivity contribution in [3.63, 3.8) is 0 Å². The second kappa shape index (κ2) is 5.30. The van der Waals surface area contributed by atoms with Crippen molar-refractivity contribution >= 4 is 22.6 Å². The van der Waals surface area contributed by atoms with Gasteiger partial charge in [0.25, 0.3) is 11.8 Å². The standard InChI is InChI=1S/C17H16FN3O4/c1-24-13-5-9-8(4-10(13)14(19)22)2-3-20-15(9)25-7-12-11-6-17(11,18)16(23)21-12/h2-5,11-12H,6-7H2,1H3,(H2,19,22)(H,21,23)/t11-,12?,17+/m1/s1. The Bertz CT molecular complexity index is 903. The predicted octanol–water partition coefficient (Wildman–Crippen LogP) is 0.948. The molecule has 130 valence electrons. The molecular weight excluding hydrogens is 329 g/mol. The van der Waals surface area contributed by atoms with Gasteiger partial charge in [0.1, 0.15) is 12.4 Å². The van der Waals surface area contributed by atoms with Gasteiger partial charge in [-0.05, 0) is 30.0 Å². The van der Waals surface area contributed by atoms with Crippen molar-refractivity contribution in [2.24, 2.45) is 11.7 Å². The third kappa shape index (κ3) is 2.36. The molecule has 1 saturated heterocycles. The molecule has 1 aromatic carbocycles. The number of methoxy groups -OCH3 is 1. The zero-order chi connectivity index (χ0) is 17.8. The lowest BCUT2D eigenvalue weighted by molar-refractivity contribution is -0.125. The van der Waals surface area contributed by atoms with Crippen molar-refractivity contribution in [1.29, 1.82) is 0 Å². The van der Waals surface area contributed by atoms with E-state index in [1.165, 1.54) is 7.11 Å². The first kappa shape index (κ1) is 15.6. The number of rotatable bonds is 5. The van der Waals surface area contributed by atoms with Gasteiger partial charge in [-0.2, -0.15) is 0 Å². The quantitative estimate of drug-likeness (QED) is 0.840. The van der Waals surface area contributed by atoms with Gasteiger partial charge in [-0.1, -0.05) is 0 Å². The molecular formula is C17H16FN3O4. The highest BCUT2D eigenvalue weighted by atomic mass is 19.1. The molecule has 1 aliphatic heterocycles. The van der Waals surface area contributed by atoms with E-state index in [4.69, 9.17) is 15.2 Å². The molecule has 7 nitrogen and oxygen atoms in total. The number of benzene rings is 1. The summed E-state index contributed by atoms with van der Waals surface area (Å²) in [6.45, 7) is 0.119. The average Bonchev–Trinajstić information content (AvgIpc) is 3.23. The van der Waals surface area contributed by atoms with Crippen LogP contribution < -0.4 is 20.5 Å². The number of primary amides is 1. The molecule has 2 heterocycles. The van der Waals surface area contributed by atoms with Gasteiger partial charge >= 0.3 is 0 Å². The number of hydrogen-bond acceptors (Lipinski definition) is 5. The van der Waals surface area contributed by atoms with Crippen LogP contribution in [0.5, 0.6) is 11.6 Å². The van der Waals surface area contributed by atoms with Gasteiger partial charge in [-0.3, -0.25) is 9.59 Å². The fourth-order valence-corrected chi connectivity index (χ4v) is 3.35. The number of nitrogens with zero attached hydrogens (tertiary/aromatic N) is 1. The summed E-state index contributed by atoms with van der Waals surface area (Å²) in [5.74, 6) is -0.870. The van der Waals surface area contributed by atoms with Gasteiger partial charge < -0.3 is 20.5 Å². The van der Waals surface area contributed by atoms with Crippen LogP contribution in [0.2, 0.25) is 0 Å². The molecule has 1 aromatic heterocycles. The predicted molar refractivity (Wildman–Crippen MR) is 86.2 cm³/mol. The third-order valence-electron chi connectivity index (χ3n) is 4.84. The van der Waals surface area contributed by atoms with Crippen LogP contribution in [0.4, 0.5) is 4.39 Å². The number of carbonyl (C=O) groups excluding carboxylic acids is 2. The Balaban J connectivity index is 1.62. The van der Waals surface area contributed by atoms with E-state index in [9.17, 15) is 14.0 Å². The Kier molecular flexibility index (Phi) is 3.31. The SMILES string of the molecule is COc1cc2c(OCC3NC(=O)[C@]4(F)C[C@H]34)nccc2cc1C(N)=O. The van der Waals surface area contributed by atoms with Crippen LogP contribution >= 0.6 is 0 Å². The minimum absolute atomic E-state index is 0.119. The molecule has 0 bridgehead atoms. The number of piperidine rings is 1. The number of fused-ring (bicyclic) bond motifs is 2. The van der Waals surface area contributed by atoms with Gasteiger partial charge in [-0.25, -0.2) is 9.37 Å².